The van der Waals surface area contributed by atoms with Crippen molar-refractivity contribution in [2.75, 3.05) is 7.11 Å². The first-order valence-corrected chi connectivity index (χ1v) is 8.91. The molecule has 0 amide bonds. The van der Waals surface area contributed by atoms with E-state index in [9.17, 15) is 14.7 Å². The standard InChI is InChI=1S/C19H19ClN4O4/c1-5-14-17(25)16(23-9-13(20)8-21-23)18(26)24(22-14)15-10(2)6-12(7-11(15)3)19(27)28-4/h6-9,25H,5H2,1-4H3. The Balaban J connectivity index is 2.32. The number of aromatic hydroxyl groups is 1. The molecule has 0 radical (unpaired) electrons. The Bertz CT molecular complexity index is 1110. The number of aryl methyl sites for hydroxylation is 3. The van der Waals surface area contributed by atoms with Crippen LogP contribution in [-0.4, -0.2) is 37.7 Å². The maximum absolute atomic E-state index is 13.2. The minimum absolute atomic E-state index is 0.0467. The Morgan fingerprint density at radius 2 is 1.89 bits per heavy atom. The number of rotatable bonds is 4. The zero-order chi connectivity index (χ0) is 20.6. The zero-order valence-electron chi connectivity index (χ0n) is 15.9. The van der Waals surface area contributed by atoms with Crippen molar-refractivity contribution in [3.8, 4) is 17.1 Å². The second-order valence-corrected chi connectivity index (χ2v) is 6.70. The topological polar surface area (TPSA) is 99.2 Å². The molecule has 1 N–H and O–H groups in total. The number of aromatic nitrogens is 4. The SMILES string of the molecule is CCc1nn(-c2c(C)cc(C(=O)OC)cc2C)c(=O)c(-n2cc(Cl)cn2)c1O. The van der Waals surface area contributed by atoms with Crippen LogP contribution in [0.15, 0.2) is 29.3 Å². The van der Waals surface area contributed by atoms with E-state index in [0.29, 0.717) is 39.5 Å². The monoisotopic (exact) mass is 402 g/mol. The summed E-state index contributed by atoms with van der Waals surface area (Å²) in [5, 5.41) is 19.2. The number of ether oxygens (including phenoxy) is 1. The van der Waals surface area contributed by atoms with Crippen LogP contribution in [0.1, 0.15) is 34.1 Å². The van der Waals surface area contributed by atoms with Crippen molar-refractivity contribution in [3.05, 3.63) is 62.3 Å². The van der Waals surface area contributed by atoms with Gasteiger partial charge in [-0.15, -0.1) is 0 Å². The summed E-state index contributed by atoms with van der Waals surface area (Å²) in [6, 6.07) is 3.26. The predicted molar refractivity (Wildman–Crippen MR) is 104 cm³/mol. The van der Waals surface area contributed by atoms with E-state index in [2.05, 4.69) is 10.2 Å². The molecule has 28 heavy (non-hydrogen) atoms. The van der Waals surface area contributed by atoms with Crippen molar-refractivity contribution < 1.29 is 14.6 Å². The second kappa shape index (κ2) is 7.47. The molecule has 0 spiro atoms. The number of halogens is 1. The highest BCUT2D eigenvalue weighted by Crippen LogP contribution is 2.26. The van der Waals surface area contributed by atoms with Crippen LogP contribution in [-0.2, 0) is 11.2 Å². The molecule has 0 bridgehead atoms. The zero-order valence-corrected chi connectivity index (χ0v) is 16.6. The van der Waals surface area contributed by atoms with Crippen LogP contribution < -0.4 is 5.56 Å². The summed E-state index contributed by atoms with van der Waals surface area (Å²) >= 11 is 5.92. The van der Waals surface area contributed by atoms with Gasteiger partial charge in [0.05, 0.1) is 29.6 Å². The average molecular weight is 403 g/mol. The normalized spacial score (nSPS) is 10.9. The molecule has 0 aliphatic heterocycles. The maximum atomic E-state index is 13.2. The smallest absolute Gasteiger partial charge is 0.337 e. The van der Waals surface area contributed by atoms with Gasteiger partial charge in [-0.3, -0.25) is 4.79 Å². The highest BCUT2D eigenvalue weighted by Gasteiger charge is 2.22. The average Bonchev–Trinajstić information content (AvgIpc) is 3.08. The molecule has 0 aliphatic carbocycles. The Kier molecular flexibility index (Phi) is 5.24. The summed E-state index contributed by atoms with van der Waals surface area (Å²) in [7, 11) is 1.31. The number of carbonyl (C=O) groups is 1. The van der Waals surface area contributed by atoms with Crippen LogP contribution >= 0.6 is 11.6 Å². The van der Waals surface area contributed by atoms with Crippen LogP contribution in [0, 0.1) is 13.8 Å². The van der Waals surface area contributed by atoms with Crippen molar-refractivity contribution in [1.82, 2.24) is 19.6 Å². The van der Waals surface area contributed by atoms with Crippen molar-refractivity contribution in [3.63, 3.8) is 0 Å². The van der Waals surface area contributed by atoms with E-state index in [0.717, 1.165) is 0 Å². The summed E-state index contributed by atoms with van der Waals surface area (Å²) < 4.78 is 7.21. The lowest BCUT2D eigenvalue weighted by Gasteiger charge is -2.16. The lowest BCUT2D eigenvalue weighted by Crippen LogP contribution is -2.28. The summed E-state index contributed by atoms with van der Waals surface area (Å²) in [4.78, 5) is 25.0. The van der Waals surface area contributed by atoms with E-state index >= 15 is 0 Å². The van der Waals surface area contributed by atoms with E-state index in [1.54, 1.807) is 26.0 Å². The maximum Gasteiger partial charge on any atom is 0.337 e. The molecule has 0 aliphatic rings. The van der Waals surface area contributed by atoms with Crippen LogP contribution in [0.5, 0.6) is 5.75 Å². The van der Waals surface area contributed by atoms with Crippen LogP contribution in [0.3, 0.4) is 0 Å². The molecule has 0 unspecified atom stereocenters. The number of benzene rings is 1. The first kappa shape index (κ1) is 19.6. The van der Waals surface area contributed by atoms with Gasteiger partial charge in [0.1, 0.15) is 5.69 Å². The van der Waals surface area contributed by atoms with Gasteiger partial charge in [-0.25, -0.2) is 9.48 Å². The van der Waals surface area contributed by atoms with Gasteiger partial charge in [0.2, 0.25) is 0 Å². The third kappa shape index (κ3) is 3.27. The minimum atomic E-state index is -0.563. The van der Waals surface area contributed by atoms with Gasteiger partial charge < -0.3 is 9.84 Å². The summed E-state index contributed by atoms with van der Waals surface area (Å²) in [5.74, 6) is -0.713. The first-order chi connectivity index (χ1) is 13.3. The predicted octanol–water partition coefficient (Wildman–Crippen LogP) is 2.74. The first-order valence-electron chi connectivity index (χ1n) is 8.54. The van der Waals surface area contributed by atoms with Gasteiger partial charge in [0.25, 0.3) is 0 Å². The van der Waals surface area contributed by atoms with E-state index < -0.39 is 11.5 Å². The number of hydrogen-bond acceptors (Lipinski definition) is 6. The molecular formula is C19H19ClN4O4. The quantitative estimate of drug-likeness (QED) is 0.673. The van der Waals surface area contributed by atoms with E-state index in [-0.39, 0.29) is 11.4 Å². The van der Waals surface area contributed by atoms with Crippen LogP contribution in [0.2, 0.25) is 5.02 Å². The number of methoxy groups -OCH3 is 1. The van der Waals surface area contributed by atoms with E-state index in [4.69, 9.17) is 16.3 Å². The lowest BCUT2D eigenvalue weighted by molar-refractivity contribution is 0.0600. The number of carbonyl (C=O) groups excluding carboxylic acids is 1. The van der Waals surface area contributed by atoms with E-state index in [1.165, 1.54) is 28.9 Å². The summed E-state index contributed by atoms with van der Waals surface area (Å²) in [6.45, 7) is 5.36. The highest BCUT2D eigenvalue weighted by molar-refractivity contribution is 6.30. The molecule has 0 saturated carbocycles. The molecule has 0 fully saturated rings. The highest BCUT2D eigenvalue weighted by atomic mass is 35.5. The molecule has 1 aromatic carbocycles. The van der Waals surface area contributed by atoms with Crippen molar-refractivity contribution >= 4 is 17.6 Å². The fraction of sp³-hybridized carbons (Fsp3) is 0.263. The molecule has 3 rings (SSSR count). The fourth-order valence-corrected chi connectivity index (χ4v) is 3.23. The Hall–Kier alpha value is -3.13. The molecule has 0 atom stereocenters. The molecule has 9 heteroatoms. The van der Waals surface area contributed by atoms with Gasteiger partial charge in [0, 0.05) is 6.20 Å². The van der Waals surface area contributed by atoms with Gasteiger partial charge >= 0.3 is 11.5 Å². The van der Waals surface area contributed by atoms with Crippen molar-refractivity contribution in [2.45, 2.75) is 27.2 Å². The van der Waals surface area contributed by atoms with Gasteiger partial charge in [-0.05, 0) is 43.5 Å². The summed E-state index contributed by atoms with van der Waals surface area (Å²) in [6.07, 6.45) is 3.20. The molecule has 3 aromatic rings. The summed E-state index contributed by atoms with van der Waals surface area (Å²) in [5.41, 5.74) is 1.94. The molecule has 2 heterocycles. The lowest BCUT2D eigenvalue weighted by atomic mass is 10.0. The molecule has 2 aromatic heterocycles. The van der Waals surface area contributed by atoms with E-state index in [1.807, 2.05) is 6.92 Å². The van der Waals surface area contributed by atoms with Crippen LogP contribution in [0.4, 0.5) is 0 Å². The minimum Gasteiger partial charge on any atom is -0.504 e. The van der Waals surface area contributed by atoms with Crippen molar-refractivity contribution in [1.29, 1.82) is 0 Å². The second-order valence-electron chi connectivity index (χ2n) is 6.27. The number of nitrogens with zero attached hydrogens (tertiary/aromatic N) is 4. The molecule has 8 nitrogen and oxygen atoms in total. The van der Waals surface area contributed by atoms with Gasteiger partial charge in [-0.1, -0.05) is 18.5 Å². The number of esters is 1. The third-order valence-corrected chi connectivity index (χ3v) is 4.55. The fourth-order valence-electron chi connectivity index (χ4n) is 3.10. The van der Waals surface area contributed by atoms with Gasteiger partial charge in [-0.2, -0.15) is 14.9 Å². The molecule has 146 valence electrons. The largest absolute Gasteiger partial charge is 0.504 e. The Morgan fingerprint density at radius 3 is 2.39 bits per heavy atom. The third-order valence-electron chi connectivity index (χ3n) is 4.35. The van der Waals surface area contributed by atoms with Gasteiger partial charge in [0.15, 0.2) is 11.4 Å². The molecular weight excluding hydrogens is 384 g/mol. The number of hydrogen-bond donors (Lipinski definition) is 1. The van der Waals surface area contributed by atoms with Crippen LogP contribution in [0.25, 0.3) is 11.4 Å². The Labute approximate surface area is 165 Å². The van der Waals surface area contributed by atoms with Crippen molar-refractivity contribution in [2.24, 2.45) is 0 Å². The Morgan fingerprint density at radius 1 is 1.25 bits per heavy atom. The molecule has 0 saturated heterocycles.